The highest BCUT2D eigenvalue weighted by molar-refractivity contribution is 5.93. The molecule has 1 aliphatic carbocycles. The summed E-state index contributed by atoms with van der Waals surface area (Å²) in [7, 11) is 0. The Morgan fingerprint density at radius 3 is 2.79 bits per heavy atom. The van der Waals surface area contributed by atoms with E-state index in [9.17, 15) is 14.4 Å². The Hall–Kier alpha value is -2.11. The molecule has 1 heterocycles. The molecule has 1 aromatic rings. The van der Waals surface area contributed by atoms with E-state index in [1.54, 1.807) is 0 Å². The van der Waals surface area contributed by atoms with Crippen molar-refractivity contribution in [3.8, 4) is 0 Å². The predicted octanol–water partition coefficient (Wildman–Crippen LogP) is 0.870. The van der Waals surface area contributed by atoms with Gasteiger partial charge in [-0.15, -0.1) is 0 Å². The normalized spacial score (nSPS) is 22.1. The van der Waals surface area contributed by atoms with E-state index < -0.39 is 11.6 Å². The predicted molar refractivity (Wildman–Crippen MR) is 65.8 cm³/mol. The summed E-state index contributed by atoms with van der Waals surface area (Å²) >= 11 is 0. The lowest BCUT2D eigenvalue weighted by Gasteiger charge is -2.16. The Labute approximate surface area is 109 Å². The Kier molecular flexibility index (Phi) is 3.99. The fourth-order valence-electron chi connectivity index (χ4n) is 2.42. The van der Waals surface area contributed by atoms with Gasteiger partial charge >= 0.3 is 11.6 Å². The van der Waals surface area contributed by atoms with Crippen LogP contribution in [0.2, 0.25) is 0 Å². The molecular formula is C13H15NO5. The van der Waals surface area contributed by atoms with Gasteiger partial charge in [0.25, 0.3) is 5.91 Å². The van der Waals surface area contributed by atoms with Gasteiger partial charge in [0.05, 0.1) is 11.5 Å². The van der Waals surface area contributed by atoms with Crippen LogP contribution < -0.4 is 10.9 Å². The zero-order valence-corrected chi connectivity index (χ0v) is 10.3. The Morgan fingerprint density at radius 1 is 1.37 bits per heavy atom. The summed E-state index contributed by atoms with van der Waals surface area (Å²) in [6.07, 6.45) is 3.44. The molecule has 6 nitrogen and oxygen atoms in total. The Morgan fingerprint density at radius 2 is 2.16 bits per heavy atom. The van der Waals surface area contributed by atoms with Crippen molar-refractivity contribution in [3.63, 3.8) is 0 Å². The maximum atomic E-state index is 11.8. The summed E-state index contributed by atoms with van der Waals surface area (Å²) in [6.45, 7) is 0.328. The first-order valence-electron chi connectivity index (χ1n) is 6.18. The number of hydrogen-bond acceptors (Lipinski definition) is 4. The molecule has 1 aromatic heterocycles. The summed E-state index contributed by atoms with van der Waals surface area (Å²) in [5, 5.41) is 11.7. The third-order valence-corrected chi connectivity index (χ3v) is 3.46. The lowest BCUT2D eigenvalue weighted by molar-refractivity contribution is -0.142. The first-order chi connectivity index (χ1) is 9.08. The Balaban J connectivity index is 1.91. The van der Waals surface area contributed by atoms with E-state index in [1.807, 2.05) is 0 Å². The molecule has 0 aromatic carbocycles. The molecule has 0 saturated heterocycles. The van der Waals surface area contributed by atoms with E-state index in [0.717, 1.165) is 19.1 Å². The molecule has 2 rings (SSSR count). The number of rotatable bonds is 4. The molecule has 19 heavy (non-hydrogen) atoms. The topological polar surface area (TPSA) is 96.6 Å². The zero-order chi connectivity index (χ0) is 13.8. The zero-order valence-electron chi connectivity index (χ0n) is 10.3. The molecule has 0 radical (unpaired) electrons. The van der Waals surface area contributed by atoms with Gasteiger partial charge < -0.3 is 14.8 Å². The highest BCUT2D eigenvalue weighted by Gasteiger charge is 2.32. The number of aliphatic carboxylic acids is 1. The second-order valence-corrected chi connectivity index (χ2v) is 4.69. The first kappa shape index (κ1) is 13.3. The van der Waals surface area contributed by atoms with Gasteiger partial charge in [-0.1, -0.05) is 6.42 Å². The van der Waals surface area contributed by atoms with Crippen LogP contribution in [-0.4, -0.2) is 23.5 Å². The van der Waals surface area contributed by atoms with Gasteiger partial charge in [0.2, 0.25) is 0 Å². The van der Waals surface area contributed by atoms with Crippen LogP contribution >= 0.6 is 0 Å². The number of carbonyl (C=O) groups is 2. The molecule has 1 saturated carbocycles. The molecule has 6 heteroatoms. The largest absolute Gasteiger partial charge is 0.481 e. The molecule has 102 valence electrons. The van der Waals surface area contributed by atoms with E-state index in [2.05, 4.69) is 9.73 Å². The van der Waals surface area contributed by atoms with Crippen molar-refractivity contribution < 1.29 is 19.1 Å². The number of carboxylic acid groups (broad SMARTS) is 1. The van der Waals surface area contributed by atoms with E-state index in [0.29, 0.717) is 13.0 Å². The maximum Gasteiger partial charge on any atom is 0.335 e. The second kappa shape index (κ2) is 5.69. The van der Waals surface area contributed by atoms with Gasteiger partial charge in [0.1, 0.15) is 6.26 Å². The maximum absolute atomic E-state index is 11.8. The van der Waals surface area contributed by atoms with Gasteiger partial charge in [0.15, 0.2) is 0 Å². The number of carboxylic acids is 1. The van der Waals surface area contributed by atoms with Crippen molar-refractivity contribution in [1.29, 1.82) is 0 Å². The van der Waals surface area contributed by atoms with Crippen LogP contribution in [0.15, 0.2) is 27.6 Å². The minimum Gasteiger partial charge on any atom is -0.481 e. The summed E-state index contributed by atoms with van der Waals surface area (Å²) < 4.78 is 4.60. The smallest absolute Gasteiger partial charge is 0.335 e. The molecule has 2 N–H and O–H groups in total. The first-order valence-corrected chi connectivity index (χ1v) is 6.18. The quantitative estimate of drug-likeness (QED) is 0.842. The minimum absolute atomic E-state index is 0.0304. The lowest BCUT2D eigenvalue weighted by Crippen LogP contribution is -2.33. The third kappa shape index (κ3) is 3.21. The SMILES string of the molecule is O=C(NCC1CCCC1C(=O)O)c1ccc(=O)oc1. The van der Waals surface area contributed by atoms with Crippen LogP contribution in [-0.2, 0) is 4.79 Å². The molecule has 2 unspecified atom stereocenters. The summed E-state index contributed by atoms with van der Waals surface area (Å²) in [6, 6.07) is 2.55. The summed E-state index contributed by atoms with van der Waals surface area (Å²) in [5.74, 6) is -1.58. The number of carbonyl (C=O) groups excluding carboxylic acids is 1. The van der Waals surface area contributed by atoms with Crippen molar-refractivity contribution in [2.75, 3.05) is 6.54 Å². The Bertz CT molecular complexity index is 516. The van der Waals surface area contributed by atoms with Crippen molar-refractivity contribution >= 4 is 11.9 Å². The number of hydrogen-bond donors (Lipinski definition) is 2. The van der Waals surface area contributed by atoms with Gasteiger partial charge in [-0.2, -0.15) is 0 Å². The van der Waals surface area contributed by atoms with Crippen molar-refractivity contribution in [3.05, 3.63) is 34.4 Å². The van der Waals surface area contributed by atoms with Gasteiger partial charge in [-0.05, 0) is 24.8 Å². The van der Waals surface area contributed by atoms with Crippen LogP contribution in [0.3, 0.4) is 0 Å². The van der Waals surface area contributed by atoms with E-state index in [-0.39, 0.29) is 23.3 Å². The van der Waals surface area contributed by atoms with E-state index in [4.69, 9.17) is 5.11 Å². The van der Waals surface area contributed by atoms with Crippen LogP contribution in [0.5, 0.6) is 0 Å². The number of nitrogens with one attached hydrogen (secondary N) is 1. The average Bonchev–Trinajstić information content (AvgIpc) is 2.85. The lowest BCUT2D eigenvalue weighted by atomic mass is 9.96. The molecule has 1 aliphatic rings. The van der Waals surface area contributed by atoms with E-state index >= 15 is 0 Å². The number of amides is 1. The monoisotopic (exact) mass is 265 g/mol. The van der Waals surface area contributed by atoms with Crippen LogP contribution in [0.4, 0.5) is 0 Å². The highest BCUT2D eigenvalue weighted by Crippen LogP contribution is 2.31. The minimum atomic E-state index is -0.803. The summed E-state index contributed by atoms with van der Waals surface area (Å²) in [5.41, 5.74) is -0.261. The molecule has 0 aliphatic heterocycles. The third-order valence-electron chi connectivity index (χ3n) is 3.46. The molecule has 1 fully saturated rings. The second-order valence-electron chi connectivity index (χ2n) is 4.69. The van der Waals surface area contributed by atoms with Gasteiger partial charge in [0, 0.05) is 12.6 Å². The fourth-order valence-corrected chi connectivity index (χ4v) is 2.42. The molecule has 0 spiro atoms. The van der Waals surface area contributed by atoms with Gasteiger partial charge in [-0.25, -0.2) is 4.79 Å². The standard InChI is InChI=1S/C13H15NO5/c15-11-5-4-9(7-19-11)12(16)14-6-8-2-1-3-10(8)13(17)18/h4-5,7-8,10H,1-3,6H2,(H,14,16)(H,17,18). The molecule has 1 amide bonds. The molecule has 2 atom stereocenters. The van der Waals surface area contributed by atoms with Crippen molar-refractivity contribution in [2.24, 2.45) is 11.8 Å². The van der Waals surface area contributed by atoms with Gasteiger partial charge in [-0.3, -0.25) is 9.59 Å². The van der Waals surface area contributed by atoms with E-state index in [1.165, 1.54) is 12.1 Å². The molecular weight excluding hydrogens is 250 g/mol. The molecule has 0 bridgehead atoms. The van der Waals surface area contributed by atoms with Crippen LogP contribution in [0, 0.1) is 11.8 Å². The summed E-state index contributed by atoms with van der Waals surface area (Å²) in [4.78, 5) is 33.5. The highest BCUT2D eigenvalue weighted by atomic mass is 16.4. The van der Waals surface area contributed by atoms with Crippen molar-refractivity contribution in [1.82, 2.24) is 5.32 Å². The van der Waals surface area contributed by atoms with Crippen LogP contribution in [0.25, 0.3) is 0 Å². The average molecular weight is 265 g/mol. The van der Waals surface area contributed by atoms with Crippen molar-refractivity contribution in [2.45, 2.75) is 19.3 Å². The van der Waals surface area contributed by atoms with Crippen LogP contribution in [0.1, 0.15) is 29.6 Å². The fraction of sp³-hybridized carbons (Fsp3) is 0.462.